The second-order valence-corrected chi connectivity index (χ2v) is 6.44. The number of nitrogens with one attached hydrogen (secondary N) is 2. The van der Waals surface area contributed by atoms with E-state index in [1.54, 1.807) is 13.2 Å². The van der Waals surface area contributed by atoms with Crippen LogP contribution in [0, 0.1) is 0 Å². The lowest BCUT2D eigenvalue weighted by Gasteiger charge is -2.12. The van der Waals surface area contributed by atoms with Gasteiger partial charge in [0.1, 0.15) is 5.15 Å². The molecule has 1 heterocycles. The second kappa shape index (κ2) is 11.1. The number of nitrogens with zero attached hydrogens (tertiary/aromatic N) is 2. The van der Waals surface area contributed by atoms with Crippen molar-refractivity contribution in [2.75, 3.05) is 20.1 Å². The Balaban J connectivity index is 0.00000261. The van der Waals surface area contributed by atoms with Crippen molar-refractivity contribution in [1.29, 1.82) is 0 Å². The highest BCUT2D eigenvalue weighted by Crippen LogP contribution is 2.18. The Hall–Kier alpha value is -1.86. The van der Waals surface area contributed by atoms with E-state index in [9.17, 15) is 0 Å². The minimum atomic E-state index is 0. The summed E-state index contributed by atoms with van der Waals surface area (Å²) in [6, 6.07) is 18.8. The van der Waals surface area contributed by atoms with Crippen LogP contribution in [0.1, 0.15) is 11.1 Å². The Morgan fingerprint density at radius 3 is 2.44 bits per heavy atom. The van der Waals surface area contributed by atoms with E-state index in [1.807, 2.05) is 12.1 Å². The van der Waals surface area contributed by atoms with Gasteiger partial charge in [0.2, 0.25) is 0 Å². The first-order valence-corrected chi connectivity index (χ1v) is 9.15. The molecule has 142 valence electrons. The van der Waals surface area contributed by atoms with Gasteiger partial charge >= 0.3 is 0 Å². The van der Waals surface area contributed by atoms with Gasteiger partial charge in [-0.25, -0.2) is 4.98 Å². The van der Waals surface area contributed by atoms with Gasteiger partial charge in [0, 0.05) is 26.3 Å². The molecule has 3 rings (SSSR count). The highest BCUT2D eigenvalue weighted by molar-refractivity contribution is 14.0. The fourth-order valence-electron chi connectivity index (χ4n) is 2.93. The molecule has 1 aromatic heterocycles. The van der Waals surface area contributed by atoms with E-state index < -0.39 is 0 Å². The fourth-order valence-corrected chi connectivity index (χ4v) is 3.04. The van der Waals surface area contributed by atoms with E-state index in [2.05, 4.69) is 63.1 Å². The summed E-state index contributed by atoms with van der Waals surface area (Å²) in [5, 5.41) is 9.83. The van der Waals surface area contributed by atoms with E-state index in [4.69, 9.17) is 11.6 Å². The van der Waals surface area contributed by atoms with Crippen molar-refractivity contribution in [3.8, 4) is 0 Å². The number of guanidine groups is 1. The molecule has 0 saturated heterocycles. The van der Waals surface area contributed by atoms with Crippen molar-refractivity contribution < 1.29 is 0 Å². The maximum Gasteiger partial charge on any atom is 0.190 e. The number of halogens is 2. The van der Waals surface area contributed by atoms with Crippen LogP contribution in [0.25, 0.3) is 10.8 Å². The summed E-state index contributed by atoms with van der Waals surface area (Å²) in [6.45, 7) is 1.62. The Morgan fingerprint density at radius 1 is 0.963 bits per heavy atom. The molecule has 0 saturated carbocycles. The summed E-state index contributed by atoms with van der Waals surface area (Å²) in [4.78, 5) is 8.38. The lowest BCUT2D eigenvalue weighted by atomic mass is 10.0. The summed E-state index contributed by atoms with van der Waals surface area (Å²) < 4.78 is 0. The van der Waals surface area contributed by atoms with Gasteiger partial charge in [-0.2, -0.15) is 0 Å². The molecule has 0 bridgehead atoms. The molecule has 27 heavy (non-hydrogen) atoms. The number of pyridine rings is 1. The minimum Gasteiger partial charge on any atom is -0.356 e. The number of hydrogen-bond donors (Lipinski definition) is 2. The summed E-state index contributed by atoms with van der Waals surface area (Å²) in [6.07, 6.45) is 3.62. The van der Waals surface area contributed by atoms with Gasteiger partial charge in [0.15, 0.2) is 5.96 Å². The highest BCUT2D eigenvalue weighted by atomic mass is 127. The Bertz CT molecular complexity index is 875. The van der Waals surface area contributed by atoms with Crippen LogP contribution < -0.4 is 10.6 Å². The van der Waals surface area contributed by atoms with Gasteiger partial charge in [0.05, 0.1) is 0 Å². The molecular weight excluding hydrogens is 471 g/mol. The molecule has 0 aliphatic carbocycles. The summed E-state index contributed by atoms with van der Waals surface area (Å²) in [7, 11) is 1.79. The van der Waals surface area contributed by atoms with Gasteiger partial charge < -0.3 is 10.6 Å². The molecule has 0 aliphatic rings. The lowest BCUT2D eigenvalue weighted by molar-refractivity contribution is 0.784. The largest absolute Gasteiger partial charge is 0.356 e. The molecule has 0 spiro atoms. The first kappa shape index (κ1) is 21.4. The zero-order valence-electron chi connectivity index (χ0n) is 15.3. The average Bonchev–Trinajstić information content (AvgIpc) is 2.68. The molecule has 0 unspecified atom stereocenters. The molecule has 0 amide bonds. The Labute approximate surface area is 182 Å². The van der Waals surface area contributed by atoms with Crippen LogP contribution in [-0.2, 0) is 12.8 Å². The minimum absolute atomic E-state index is 0. The molecule has 0 aliphatic heterocycles. The Kier molecular flexibility index (Phi) is 8.81. The number of aliphatic imine (C=N–C) groups is 1. The second-order valence-electron chi connectivity index (χ2n) is 6.05. The first-order chi connectivity index (χ1) is 12.8. The van der Waals surface area contributed by atoms with Crippen LogP contribution in [0.15, 0.2) is 65.8 Å². The SMILES string of the molecule is CN=C(NCCc1ccc(Cl)nc1)NCCc1cccc2ccccc12.I. The third-order valence-electron chi connectivity index (χ3n) is 4.29. The molecule has 0 radical (unpaired) electrons. The molecule has 2 N–H and O–H groups in total. The summed E-state index contributed by atoms with van der Waals surface area (Å²) in [5.74, 6) is 0.812. The third-order valence-corrected chi connectivity index (χ3v) is 4.51. The normalized spacial score (nSPS) is 11.1. The van der Waals surface area contributed by atoms with Crippen LogP contribution >= 0.6 is 35.6 Å². The van der Waals surface area contributed by atoms with Crippen molar-refractivity contribution in [1.82, 2.24) is 15.6 Å². The topological polar surface area (TPSA) is 49.3 Å². The predicted octanol–water partition coefficient (Wildman–Crippen LogP) is 4.46. The van der Waals surface area contributed by atoms with E-state index in [0.717, 1.165) is 37.5 Å². The van der Waals surface area contributed by atoms with E-state index in [0.29, 0.717) is 5.15 Å². The van der Waals surface area contributed by atoms with Crippen LogP contribution in [0.2, 0.25) is 5.15 Å². The molecule has 2 aromatic carbocycles. The van der Waals surface area contributed by atoms with E-state index in [-0.39, 0.29) is 24.0 Å². The van der Waals surface area contributed by atoms with Crippen LogP contribution in [0.4, 0.5) is 0 Å². The van der Waals surface area contributed by atoms with Gasteiger partial charge in [-0.15, -0.1) is 24.0 Å². The van der Waals surface area contributed by atoms with E-state index in [1.165, 1.54) is 16.3 Å². The number of rotatable bonds is 6. The standard InChI is InChI=1S/C21H23ClN4.HI/c1-23-21(24-13-11-16-9-10-20(22)26-15-16)25-14-12-18-7-4-6-17-5-2-3-8-19(17)18;/h2-10,15H,11-14H2,1H3,(H2,23,24,25);1H. The monoisotopic (exact) mass is 494 g/mol. The first-order valence-electron chi connectivity index (χ1n) is 8.78. The maximum absolute atomic E-state index is 5.81. The van der Waals surface area contributed by atoms with Crippen molar-refractivity contribution in [3.63, 3.8) is 0 Å². The summed E-state index contributed by atoms with van der Waals surface area (Å²) in [5.41, 5.74) is 2.49. The van der Waals surface area contributed by atoms with Gasteiger partial charge in [-0.3, -0.25) is 4.99 Å². The smallest absolute Gasteiger partial charge is 0.190 e. The van der Waals surface area contributed by atoms with Gasteiger partial charge in [0.25, 0.3) is 0 Å². The lowest BCUT2D eigenvalue weighted by Crippen LogP contribution is -2.39. The number of aromatic nitrogens is 1. The molecular formula is C21H24ClIN4. The van der Waals surface area contributed by atoms with Crippen molar-refractivity contribution >= 4 is 52.3 Å². The third kappa shape index (κ3) is 6.36. The number of hydrogen-bond acceptors (Lipinski definition) is 2. The molecule has 0 atom stereocenters. The predicted molar refractivity (Wildman–Crippen MR) is 125 cm³/mol. The molecule has 4 nitrogen and oxygen atoms in total. The van der Waals surface area contributed by atoms with Crippen molar-refractivity contribution in [3.05, 3.63) is 77.1 Å². The van der Waals surface area contributed by atoms with Crippen LogP contribution in [-0.4, -0.2) is 31.1 Å². The maximum atomic E-state index is 5.81. The van der Waals surface area contributed by atoms with Gasteiger partial charge in [-0.05, 0) is 40.8 Å². The molecule has 0 fully saturated rings. The van der Waals surface area contributed by atoms with Crippen LogP contribution in [0.3, 0.4) is 0 Å². The Morgan fingerprint density at radius 2 is 1.70 bits per heavy atom. The molecule has 3 aromatic rings. The van der Waals surface area contributed by atoms with Crippen LogP contribution in [0.5, 0.6) is 0 Å². The highest BCUT2D eigenvalue weighted by Gasteiger charge is 2.02. The molecule has 6 heteroatoms. The van der Waals surface area contributed by atoms with E-state index >= 15 is 0 Å². The zero-order chi connectivity index (χ0) is 18.2. The summed E-state index contributed by atoms with van der Waals surface area (Å²) >= 11 is 5.81. The van der Waals surface area contributed by atoms with Gasteiger partial charge in [-0.1, -0.05) is 60.1 Å². The van der Waals surface area contributed by atoms with Crippen molar-refractivity contribution in [2.45, 2.75) is 12.8 Å². The number of fused-ring (bicyclic) bond motifs is 1. The number of benzene rings is 2. The fraction of sp³-hybridized carbons (Fsp3) is 0.238. The average molecular weight is 495 g/mol. The van der Waals surface area contributed by atoms with Crippen molar-refractivity contribution in [2.24, 2.45) is 4.99 Å². The quantitative estimate of drug-likeness (QED) is 0.230. The zero-order valence-corrected chi connectivity index (χ0v) is 18.4.